The Labute approximate surface area is 208 Å². The molecule has 3 atom stereocenters. The molecule has 0 spiro atoms. The predicted octanol–water partition coefficient (Wildman–Crippen LogP) is 5.84. The van der Waals surface area contributed by atoms with Crippen molar-refractivity contribution < 1.29 is 54.6 Å². The van der Waals surface area contributed by atoms with Gasteiger partial charge in [-0.15, -0.1) is 0 Å². The van der Waals surface area contributed by atoms with Gasteiger partial charge in [-0.05, 0) is 48.5 Å². The molecule has 0 heterocycles. The van der Waals surface area contributed by atoms with Crippen molar-refractivity contribution in [1.82, 2.24) is 0 Å². The highest BCUT2D eigenvalue weighted by Gasteiger charge is 2.34. The molecule has 0 radical (unpaired) electrons. The maximum atomic E-state index is 14.7. The first-order valence-corrected chi connectivity index (χ1v) is 10.7. The van der Waals surface area contributed by atoms with Gasteiger partial charge in [-0.3, -0.25) is 0 Å². The number of esters is 2. The van der Waals surface area contributed by atoms with Gasteiger partial charge in [0.25, 0.3) is 0 Å². The fourth-order valence-corrected chi connectivity index (χ4v) is 3.19. The van der Waals surface area contributed by atoms with Gasteiger partial charge < -0.3 is 14.3 Å². The van der Waals surface area contributed by atoms with Crippen molar-refractivity contribution in [2.24, 2.45) is 5.16 Å². The van der Waals surface area contributed by atoms with Crippen molar-refractivity contribution in [3.8, 4) is 0 Å². The van der Waals surface area contributed by atoms with Crippen molar-refractivity contribution in [3.05, 3.63) is 70.8 Å². The highest BCUT2D eigenvalue weighted by molar-refractivity contribution is 9.09. The van der Waals surface area contributed by atoms with Crippen LogP contribution in [0.3, 0.4) is 0 Å². The van der Waals surface area contributed by atoms with Gasteiger partial charge in [-0.25, -0.2) is 14.0 Å². The zero-order chi connectivity index (χ0) is 27.1. The summed E-state index contributed by atoms with van der Waals surface area (Å²) in [6.45, 7) is -0.605. The summed E-state index contributed by atoms with van der Waals surface area (Å²) in [6.07, 6.45) is -12.4. The van der Waals surface area contributed by atoms with E-state index >= 15 is 0 Å². The van der Waals surface area contributed by atoms with Crippen molar-refractivity contribution in [2.45, 2.75) is 29.5 Å². The number of carbonyl (C=O) groups excluding carboxylic acids is 2. The molecule has 0 fully saturated rings. The lowest BCUT2D eigenvalue weighted by atomic mass is 10.1. The van der Waals surface area contributed by atoms with Gasteiger partial charge in [-0.2, -0.15) is 26.3 Å². The number of oxime groups is 1. The Bertz CT molecular complexity index is 1060. The van der Waals surface area contributed by atoms with Crippen LogP contribution in [0.5, 0.6) is 0 Å². The molecule has 2 aromatic rings. The van der Waals surface area contributed by atoms with E-state index in [0.29, 0.717) is 30.5 Å². The van der Waals surface area contributed by atoms with Crippen LogP contribution in [0.1, 0.15) is 31.8 Å². The molecule has 2 rings (SSSR count). The Balaban J connectivity index is 2.11. The summed E-state index contributed by atoms with van der Waals surface area (Å²) in [5, 5.41) is 3.23. The molecule has 14 heteroatoms. The highest BCUT2D eigenvalue weighted by atomic mass is 79.9. The molecule has 0 aliphatic heterocycles. The van der Waals surface area contributed by atoms with E-state index in [9.17, 15) is 40.3 Å². The van der Waals surface area contributed by atoms with Crippen molar-refractivity contribution in [2.75, 3.05) is 13.7 Å². The smallest absolute Gasteiger partial charge is 0.416 e. The summed E-state index contributed by atoms with van der Waals surface area (Å²) >= 11 is 3.02. The summed E-state index contributed by atoms with van der Waals surface area (Å²) in [5.41, 5.74) is -2.53. The van der Waals surface area contributed by atoms with Crippen LogP contribution in [0.15, 0.2) is 53.7 Å². The molecule has 0 aromatic heterocycles. The second kappa shape index (κ2) is 12.2. The lowest BCUT2D eigenvalue weighted by Gasteiger charge is -2.24. The Morgan fingerprint density at radius 1 is 0.889 bits per heavy atom. The van der Waals surface area contributed by atoms with E-state index in [-0.39, 0.29) is 11.1 Å². The van der Waals surface area contributed by atoms with Crippen LogP contribution < -0.4 is 0 Å². The minimum Gasteiger partial charge on any atom is -0.461 e. The Hall–Kier alpha value is -3.16. The monoisotopic (exact) mass is 587 g/mol. The quantitative estimate of drug-likeness (QED) is 0.121. The normalized spacial score (nSPS) is 14.7. The van der Waals surface area contributed by atoms with Crippen LogP contribution in [0, 0.1) is 0 Å². The summed E-state index contributed by atoms with van der Waals surface area (Å²) in [6, 6.07) is 6.09. The minimum atomic E-state index is -4.64. The van der Waals surface area contributed by atoms with Crippen molar-refractivity contribution >= 4 is 34.1 Å². The van der Waals surface area contributed by atoms with Gasteiger partial charge in [0.15, 0.2) is 12.3 Å². The van der Waals surface area contributed by atoms with Crippen LogP contribution >= 0.6 is 15.9 Å². The molecule has 6 nitrogen and oxygen atoms in total. The van der Waals surface area contributed by atoms with E-state index in [1.54, 1.807) is 0 Å². The zero-order valence-electron chi connectivity index (χ0n) is 18.1. The standard InChI is InChI=1S/C22H17BrF7NO5/c1-34-31-10-17(24)18(36-20(33)13-4-8-15(9-5-13)22(28,29)30)16(23)11-35-19(32)12-2-6-14(7-3-12)21(25,26)27/h2-10,16-18H,11H2,1H3. The molecular formula is C22H17BrF7NO5. The number of carbonyl (C=O) groups is 2. The second-order valence-corrected chi connectivity index (χ2v) is 8.19. The second-order valence-electron chi connectivity index (χ2n) is 7.02. The third-order valence-electron chi connectivity index (χ3n) is 4.49. The van der Waals surface area contributed by atoms with E-state index in [1.807, 2.05) is 0 Å². The Kier molecular flexibility index (Phi) is 9.85. The van der Waals surface area contributed by atoms with E-state index in [1.165, 1.54) is 0 Å². The average Bonchev–Trinajstić information content (AvgIpc) is 2.83. The van der Waals surface area contributed by atoms with Gasteiger partial charge >= 0.3 is 24.3 Å². The van der Waals surface area contributed by atoms with E-state index < -0.39 is 59.1 Å². The summed E-state index contributed by atoms with van der Waals surface area (Å²) < 4.78 is 101. The summed E-state index contributed by atoms with van der Waals surface area (Å²) in [4.78, 5) is 27.7. The zero-order valence-corrected chi connectivity index (χ0v) is 19.7. The van der Waals surface area contributed by atoms with E-state index in [2.05, 4.69) is 25.9 Å². The van der Waals surface area contributed by atoms with Gasteiger partial charge in [0, 0.05) is 0 Å². The number of hydrogen-bond donors (Lipinski definition) is 0. The van der Waals surface area contributed by atoms with Crippen LogP contribution in [-0.2, 0) is 26.7 Å². The molecule has 0 amide bonds. The Morgan fingerprint density at radius 2 is 1.33 bits per heavy atom. The summed E-state index contributed by atoms with van der Waals surface area (Å²) in [5.74, 6) is -2.22. The van der Waals surface area contributed by atoms with E-state index in [4.69, 9.17) is 9.47 Å². The SMILES string of the molecule is CON=CC(F)C(OC(=O)c1ccc(C(F)(F)F)cc1)C(Br)COC(=O)c1ccc(C(F)(F)F)cc1. The Morgan fingerprint density at radius 3 is 1.75 bits per heavy atom. The number of halogens is 8. The number of rotatable bonds is 9. The minimum absolute atomic E-state index is 0.223. The lowest BCUT2D eigenvalue weighted by molar-refractivity contribution is -0.138. The molecular weight excluding hydrogens is 571 g/mol. The van der Waals surface area contributed by atoms with Crippen LogP contribution in [-0.4, -0.2) is 49.0 Å². The number of alkyl halides is 8. The van der Waals surface area contributed by atoms with E-state index in [0.717, 1.165) is 31.4 Å². The lowest BCUT2D eigenvalue weighted by Crippen LogP contribution is -2.39. The maximum Gasteiger partial charge on any atom is 0.416 e. The number of hydrogen-bond acceptors (Lipinski definition) is 6. The predicted molar refractivity (Wildman–Crippen MR) is 115 cm³/mol. The first-order valence-electron chi connectivity index (χ1n) is 9.81. The molecule has 2 aromatic carbocycles. The number of ether oxygens (including phenoxy) is 2. The third kappa shape index (κ3) is 8.21. The maximum absolute atomic E-state index is 14.7. The molecule has 196 valence electrons. The van der Waals surface area contributed by atoms with Crippen LogP contribution in [0.4, 0.5) is 30.7 Å². The van der Waals surface area contributed by atoms with Crippen molar-refractivity contribution in [1.29, 1.82) is 0 Å². The molecule has 3 unspecified atom stereocenters. The molecule has 0 aliphatic rings. The van der Waals surface area contributed by atoms with Gasteiger partial charge in [0.2, 0.25) is 0 Å². The fourth-order valence-electron chi connectivity index (χ4n) is 2.66. The average molecular weight is 588 g/mol. The summed E-state index contributed by atoms with van der Waals surface area (Å²) in [7, 11) is 1.11. The number of benzene rings is 2. The van der Waals surface area contributed by atoms with Gasteiger partial charge in [0.05, 0.1) is 33.3 Å². The van der Waals surface area contributed by atoms with Crippen LogP contribution in [0.25, 0.3) is 0 Å². The molecule has 0 saturated heterocycles. The molecule has 36 heavy (non-hydrogen) atoms. The first-order chi connectivity index (χ1) is 16.7. The highest BCUT2D eigenvalue weighted by Crippen LogP contribution is 2.30. The molecule has 0 saturated carbocycles. The topological polar surface area (TPSA) is 74.2 Å². The van der Waals surface area contributed by atoms with Gasteiger partial charge in [-0.1, -0.05) is 21.1 Å². The largest absolute Gasteiger partial charge is 0.461 e. The molecule has 0 N–H and O–H groups in total. The molecule has 0 bridgehead atoms. The first kappa shape index (κ1) is 29.1. The fraction of sp³-hybridized carbons (Fsp3) is 0.318. The van der Waals surface area contributed by atoms with Gasteiger partial charge in [0.1, 0.15) is 13.7 Å². The number of nitrogens with zero attached hydrogens (tertiary/aromatic N) is 1. The molecule has 0 aliphatic carbocycles. The van der Waals surface area contributed by atoms with Crippen LogP contribution in [0.2, 0.25) is 0 Å². The third-order valence-corrected chi connectivity index (χ3v) is 5.28. The van der Waals surface area contributed by atoms with Crippen molar-refractivity contribution in [3.63, 3.8) is 0 Å².